The van der Waals surface area contributed by atoms with E-state index in [0.717, 1.165) is 6.42 Å². The van der Waals surface area contributed by atoms with Crippen molar-refractivity contribution in [3.8, 4) is 0 Å². The lowest BCUT2D eigenvalue weighted by Gasteiger charge is -2.24. The van der Waals surface area contributed by atoms with Crippen LogP contribution in [0.4, 0.5) is 0 Å². The van der Waals surface area contributed by atoms with Gasteiger partial charge in [-0.25, -0.2) is 0 Å². The van der Waals surface area contributed by atoms with Crippen molar-refractivity contribution in [1.82, 2.24) is 4.57 Å². The average molecular weight is 219 g/mol. The predicted molar refractivity (Wildman–Crippen MR) is 65.7 cm³/mol. The maximum atomic E-state index is 11.8. The summed E-state index contributed by atoms with van der Waals surface area (Å²) < 4.78 is 2.14. The van der Waals surface area contributed by atoms with Crippen LogP contribution < -0.4 is 0 Å². The average Bonchev–Trinajstić information content (AvgIpc) is 2.45. The van der Waals surface area contributed by atoms with Gasteiger partial charge in [0, 0.05) is 31.3 Å². The van der Waals surface area contributed by atoms with Gasteiger partial charge in [-0.2, -0.15) is 0 Å². The van der Waals surface area contributed by atoms with Crippen molar-refractivity contribution in [2.24, 2.45) is 13.0 Å². The molecule has 0 aliphatic heterocycles. The van der Waals surface area contributed by atoms with E-state index in [4.69, 9.17) is 0 Å². The molecule has 0 bridgehead atoms. The van der Waals surface area contributed by atoms with Gasteiger partial charge in [0.2, 0.25) is 0 Å². The first kappa shape index (κ1) is 11.4. The fourth-order valence-electron chi connectivity index (χ4n) is 2.58. The van der Waals surface area contributed by atoms with Crippen LogP contribution in [0.15, 0.2) is 6.20 Å². The third-order valence-corrected chi connectivity index (χ3v) is 3.63. The number of nitrogens with zero attached hydrogens (tertiary/aromatic N) is 1. The number of fused-ring (bicyclic) bond motifs is 1. The van der Waals surface area contributed by atoms with Crippen LogP contribution in [0.5, 0.6) is 0 Å². The first-order chi connectivity index (χ1) is 7.30. The molecule has 1 aromatic heterocycles. The highest BCUT2D eigenvalue weighted by molar-refractivity contribution is 5.85. The minimum Gasteiger partial charge on any atom is -0.353 e. The van der Waals surface area contributed by atoms with Crippen LogP contribution in [0, 0.1) is 5.92 Å². The topological polar surface area (TPSA) is 22.0 Å². The quantitative estimate of drug-likeness (QED) is 0.657. The molecule has 0 radical (unpaired) electrons. The number of rotatable bonds is 0. The van der Waals surface area contributed by atoms with Crippen LogP contribution >= 0.6 is 0 Å². The van der Waals surface area contributed by atoms with E-state index in [1.54, 1.807) is 0 Å². The van der Waals surface area contributed by atoms with Crippen LogP contribution in [0.3, 0.4) is 0 Å². The van der Waals surface area contributed by atoms with Crippen molar-refractivity contribution in [3.05, 3.63) is 23.0 Å². The van der Waals surface area contributed by atoms with E-state index in [-0.39, 0.29) is 11.3 Å². The molecule has 0 amide bonds. The summed E-state index contributed by atoms with van der Waals surface area (Å²) in [5.41, 5.74) is 4.23. The van der Waals surface area contributed by atoms with E-state index >= 15 is 0 Å². The second kappa shape index (κ2) is 3.47. The number of carbonyl (C=O) groups is 1. The minimum atomic E-state index is 0.172. The Morgan fingerprint density at radius 1 is 1.38 bits per heavy atom. The van der Waals surface area contributed by atoms with Gasteiger partial charge in [0.25, 0.3) is 0 Å². The van der Waals surface area contributed by atoms with Gasteiger partial charge in [0.15, 0.2) is 0 Å². The van der Waals surface area contributed by atoms with E-state index in [9.17, 15) is 4.79 Å². The molecule has 0 saturated carbocycles. The summed E-state index contributed by atoms with van der Waals surface area (Å²) in [4.78, 5) is 11.8. The molecular formula is C14H21NO. The normalized spacial score (nSPS) is 21.1. The van der Waals surface area contributed by atoms with Crippen LogP contribution in [-0.4, -0.2) is 10.4 Å². The summed E-state index contributed by atoms with van der Waals surface area (Å²) >= 11 is 0. The summed E-state index contributed by atoms with van der Waals surface area (Å²) in [6.07, 6.45) is 3.74. The molecule has 0 spiro atoms. The Morgan fingerprint density at radius 3 is 2.56 bits per heavy atom. The smallest absolute Gasteiger partial charge is 0.141 e. The lowest BCUT2D eigenvalue weighted by atomic mass is 9.79. The standard InChI is InChI=1S/C14H21NO/c1-9-6-10-11(14(2,3)4)8-15(5)12(10)7-13(9)16/h8-9H,6-7H2,1-5H3. The van der Waals surface area contributed by atoms with Gasteiger partial charge in [0.1, 0.15) is 5.78 Å². The Hall–Kier alpha value is -1.05. The van der Waals surface area contributed by atoms with Crippen LogP contribution in [0.2, 0.25) is 0 Å². The zero-order chi connectivity index (χ0) is 12.1. The zero-order valence-corrected chi connectivity index (χ0v) is 10.9. The molecule has 0 aromatic carbocycles. The fraction of sp³-hybridized carbons (Fsp3) is 0.643. The predicted octanol–water partition coefficient (Wildman–Crippen LogP) is 2.63. The van der Waals surface area contributed by atoms with Crippen LogP contribution in [-0.2, 0) is 30.1 Å². The monoisotopic (exact) mass is 219 g/mol. The first-order valence-electron chi connectivity index (χ1n) is 6.01. The Morgan fingerprint density at radius 2 is 2.00 bits per heavy atom. The molecule has 0 fully saturated rings. The molecule has 1 atom stereocenters. The Kier molecular flexibility index (Phi) is 2.48. The zero-order valence-electron chi connectivity index (χ0n) is 10.9. The van der Waals surface area contributed by atoms with Crippen molar-refractivity contribution in [1.29, 1.82) is 0 Å². The molecule has 2 heteroatoms. The molecule has 1 unspecified atom stereocenters. The Balaban J connectivity index is 2.54. The van der Waals surface area contributed by atoms with Crippen LogP contribution in [0.1, 0.15) is 44.5 Å². The number of aryl methyl sites for hydroxylation is 1. The number of Topliss-reactive ketones (excluding diaryl/α,β-unsaturated/α-hetero) is 1. The summed E-state index contributed by atoms with van der Waals surface area (Å²) in [5.74, 6) is 0.574. The number of hydrogen-bond donors (Lipinski definition) is 0. The van der Waals surface area contributed by atoms with E-state index in [2.05, 4.69) is 38.6 Å². The molecule has 1 aliphatic rings. The Bertz CT molecular complexity index is 434. The highest BCUT2D eigenvalue weighted by atomic mass is 16.1. The third-order valence-electron chi connectivity index (χ3n) is 3.63. The molecule has 0 N–H and O–H groups in total. The second-order valence-corrected chi connectivity index (χ2v) is 6.08. The van der Waals surface area contributed by atoms with Gasteiger partial charge in [0.05, 0.1) is 0 Å². The number of carbonyl (C=O) groups excluding carboxylic acids is 1. The lowest BCUT2D eigenvalue weighted by molar-refractivity contribution is -0.122. The molecule has 1 aliphatic carbocycles. The minimum absolute atomic E-state index is 0.172. The molecule has 2 rings (SSSR count). The number of ketones is 1. The molecular weight excluding hydrogens is 198 g/mol. The van der Waals surface area contributed by atoms with E-state index in [1.807, 2.05) is 6.92 Å². The van der Waals surface area contributed by atoms with Crippen molar-refractivity contribution in [2.45, 2.75) is 46.0 Å². The van der Waals surface area contributed by atoms with Gasteiger partial charge in [-0.3, -0.25) is 4.79 Å². The van der Waals surface area contributed by atoms with Crippen molar-refractivity contribution < 1.29 is 4.79 Å². The van der Waals surface area contributed by atoms with Crippen molar-refractivity contribution in [2.75, 3.05) is 0 Å². The van der Waals surface area contributed by atoms with Gasteiger partial charge >= 0.3 is 0 Å². The maximum absolute atomic E-state index is 11.8. The SMILES string of the molecule is CC1Cc2c(C(C)(C)C)cn(C)c2CC1=O. The van der Waals surface area contributed by atoms with E-state index in [0.29, 0.717) is 12.2 Å². The maximum Gasteiger partial charge on any atom is 0.141 e. The van der Waals surface area contributed by atoms with E-state index in [1.165, 1.54) is 16.8 Å². The van der Waals surface area contributed by atoms with Gasteiger partial charge in [-0.1, -0.05) is 27.7 Å². The van der Waals surface area contributed by atoms with Crippen molar-refractivity contribution >= 4 is 5.78 Å². The second-order valence-electron chi connectivity index (χ2n) is 6.08. The first-order valence-corrected chi connectivity index (χ1v) is 6.01. The van der Waals surface area contributed by atoms with Crippen molar-refractivity contribution in [3.63, 3.8) is 0 Å². The molecule has 16 heavy (non-hydrogen) atoms. The third kappa shape index (κ3) is 1.70. The highest BCUT2D eigenvalue weighted by Gasteiger charge is 2.30. The highest BCUT2D eigenvalue weighted by Crippen LogP contribution is 2.34. The lowest BCUT2D eigenvalue weighted by Crippen LogP contribution is -2.25. The largest absolute Gasteiger partial charge is 0.353 e. The molecule has 88 valence electrons. The Labute approximate surface area is 97.7 Å². The van der Waals surface area contributed by atoms with Crippen LogP contribution in [0.25, 0.3) is 0 Å². The summed E-state index contributed by atoms with van der Waals surface area (Å²) in [6.45, 7) is 8.77. The summed E-state index contributed by atoms with van der Waals surface area (Å²) in [6, 6.07) is 0. The summed E-state index contributed by atoms with van der Waals surface area (Å²) in [5, 5.41) is 0. The van der Waals surface area contributed by atoms with Gasteiger partial charge in [-0.15, -0.1) is 0 Å². The molecule has 1 aromatic rings. The molecule has 2 nitrogen and oxygen atoms in total. The van der Waals surface area contributed by atoms with E-state index < -0.39 is 0 Å². The molecule has 1 heterocycles. The molecule has 0 saturated heterocycles. The number of hydrogen-bond acceptors (Lipinski definition) is 1. The fourth-order valence-corrected chi connectivity index (χ4v) is 2.58. The number of aromatic nitrogens is 1. The van der Waals surface area contributed by atoms with Gasteiger partial charge in [-0.05, 0) is 23.0 Å². The summed E-state index contributed by atoms with van der Waals surface area (Å²) in [7, 11) is 2.05. The van der Waals surface area contributed by atoms with Gasteiger partial charge < -0.3 is 4.57 Å².